The van der Waals surface area contributed by atoms with Crippen molar-refractivity contribution in [1.29, 1.82) is 0 Å². The van der Waals surface area contributed by atoms with Gasteiger partial charge in [0.2, 0.25) is 17.7 Å². The van der Waals surface area contributed by atoms with E-state index in [9.17, 15) is 24.0 Å². The quantitative estimate of drug-likeness (QED) is 0.137. The third-order valence-electron chi connectivity index (χ3n) is 14.6. The molecule has 0 saturated carbocycles. The summed E-state index contributed by atoms with van der Waals surface area (Å²) in [6.45, 7) is 14.9. The first-order valence-corrected chi connectivity index (χ1v) is 23.8. The van der Waals surface area contributed by atoms with Gasteiger partial charge in [0.25, 0.3) is 11.8 Å². The Bertz CT molecular complexity index is 2380. The first-order chi connectivity index (χ1) is 32.2. The molecule has 17 nitrogen and oxygen atoms in total. The van der Waals surface area contributed by atoms with Gasteiger partial charge in [-0.15, -0.1) is 0 Å². The summed E-state index contributed by atoms with van der Waals surface area (Å²) < 4.78 is 31.2. The van der Waals surface area contributed by atoms with Gasteiger partial charge in [0.1, 0.15) is 35.6 Å². The van der Waals surface area contributed by atoms with Crippen molar-refractivity contribution < 1.29 is 32.8 Å². The summed E-state index contributed by atoms with van der Waals surface area (Å²) in [5.74, 6) is -1.68. The molecule has 0 bridgehead atoms. The van der Waals surface area contributed by atoms with Gasteiger partial charge in [-0.1, -0.05) is 19.9 Å². The molecule has 358 valence electrons. The largest absolute Gasteiger partial charge is 0.383 e. The van der Waals surface area contributed by atoms with Crippen molar-refractivity contribution in [2.45, 2.75) is 76.9 Å². The van der Waals surface area contributed by atoms with E-state index in [0.717, 1.165) is 94.7 Å². The minimum absolute atomic E-state index is 0.0253. The third-order valence-corrected chi connectivity index (χ3v) is 14.6. The monoisotopic (exact) mass is 924 g/mol. The number of hydrogen-bond donors (Lipinski definition) is 4. The van der Waals surface area contributed by atoms with Crippen molar-refractivity contribution in [2.24, 2.45) is 5.41 Å². The summed E-state index contributed by atoms with van der Waals surface area (Å²) in [4.78, 5) is 84.7. The van der Waals surface area contributed by atoms with Crippen LogP contribution in [0.5, 0.6) is 0 Å². The molecule has 2 aromatic carbocycles. The van der Waals surface area contributed by atoms with Crippen LogP contribution in [-0.2, 0) is 20.9 Å². The first kappa shape index (κ1) is 46.3. The molecule has 1 spiro atoms. The molecular formula is C48H62F2N12O5. The van der Waals surface area contributed by atoms with Crippen LogP contribution in [0.1, 0.15) is 85.1 Å². The maximum absolute atomic E-state index is 15.7. The molecule has 3 aromatic rings. The fourth-order valence-electron chi connectivity index (χ4n) is 10.5. The zero-order chi connectivity index (χ0) is 46.9. The Hall–Kier alpha value is -5.79. The molecule has 6 aliphatic heterocycles. The van der Waals surface area contributed by atoms with Crippen LogP contribution < -0.4 is 31.1 Å². The lowest BCUT2D eigenvalue weighted by molar-refractivity contribution is -0.136. The van der Waals surface area contributed by atoms with Crippen molar-refractivity contribution in [1.82, 2.24) is 40.2 Å². The molecule has 0 aliphatic carbocycles. The van der Waals surface area contributed by atoms with Gasteiger partial charge >= 0.3 is 0 Å². The average Bonchev–Trinajstić information content (AvgIpc) is 3.56. The highest BCUT2D eigenvalue weighted by atomic mass is 19.1. The average molecular weight is 925 g/mol. The molecule has 0 radical (unpaired) electrons. The van der Waals surface area contributed by atoms with E-state index in [1.165, 1.54) is 12.1 Å². The number of piperazine rings is 2. The van der Waals surface area contributed by atoms with Gasteiger partial charge in [-0.3, -0.25) is 44.0 Å². The second-order valence-electron chi connectivity index (χ2n) is 19.8. The number of amides is 5. The number of halogens is 2. The highest BCUT2D eigenvalue weighted by Gasteiger charge is 2.46. The fourth-order valence-corrected chi connectivity index (χ4v) is 10.5. The summed E-state index contributed by atoms with van der Waals surface area (Å²) in [5.41, 5.74) is 1.26. The van der Waals surface area contributed by atoms with Gasteiger partial charge in [-0.05, 0) is 81.8 Å². The summed E-state index contributed by atoms with van der Waals surface area (Å²) >= 11 is 0. The van der Waals surface area contributed by atoms with Crippen molar-refractivity contribution in [2.75, 3.05) is 112 Å². The van der Waals surface area contributed by atoms with Crippen LogP contribution in [0.15, 0.2) is 42.7 Å². The van der Waals surface area contributed by atoms with Crippen LogP contribution in [0.3, 0.4) is 0 Å². The van der Waals surface area contributed by atoms with Crippen LogP contribution in [0, 0.1) is 17.0 Å². The number of carbonyl (C=O) groups excluding carboxylic acids is 5. The zero-order valence-corrected chi connectivity index (χ0v) is 38.6. The number of nitrogens with zero attached hydrogens (tertiary/aromatic N) is 8. The molecular weight excluding hydrogens is 863 g/mol. The number of piperidine rings is 3. The summed E-state index contributed by atoms with van der Waals surface area (Å²) in [7, 11) is 0. The van der Waals surface area contributed by atoms with Crippen molar-refractivity contribution in [3.63, 3.8) is 0 Å². The number of benzene rings is 2. The van der Waals surface area contributed by atoms with Gasteiger partial charge in [0.15, 0.2) is 0 Å². The van der Waals surface area contributed by atoms with Crippen LogP contribution in [-0.4, -0.2) is 162 Å². The smallest absolute Gasteiger partial charge is 0.264 e. The number of nitrogens with one attached hydrogen (secondary N) is 4. The molecule has 1 atom stereocenters. The van der Waals surface area contributed by atoms with Gasteiger partial charge in [0.05, 0.1) is 28.9 Å². The minimum Gasteiger partial charge on any atom is -0.383 e. The normalized spacial score (nSPS) is 22.5. The maximum atomic E-state index is 15.7. The van der Waals surface area contributed by atoms with E-state index < -0.39 is 46.8 Å². The van der Waals surface area contributed by atoms with E-state index in [2.05, 4.69) is 64.7 Å². The summed E-state index contributed by atoms with van der Waals surface area (Å²) in [6.07, 6.45) is 5.98. The van der Waals surface area contributed by atoms with Crippen molar-refractivity contribution >= 4 is 52.5 Å². The molecule has 5 fully saturated rings. The van der Waals surface area contributed by atoms with Crippen molar-refractivity contribution in [3.8, 4) is 0 Å². The van der Waals surface area contributed by atoms with Crippen LogP contribution in [0.25, 0.3) is 0 Å². The Morgan fingerprint density at radius 1 is 0.761 bits per heavy atom. The van der Waals surface area contributed by atoms with Gasteiger partial charge in [-0.2, -0.15) is 0 Å². The highest BCUT2D eigenvalue weighted by Crippen LogP contribution is 2.35. The Labute approximate surface area is 390 Å². The van der Waals surface area contributed by atoms with E-state index in [0.29, 0.717) is 56.8 Å². The number of likely N-dealkylation sites (tertiary alicyclic amines) is 1. The molecule has 67 heavy (non-hydrogen) atoms. The van der Waals surface area contributed by atoms with Gasteiger partial charge in [0, 0.05) is 102 Å². The second kappa shape index (κ2) is 19.4. The van der Waals surface area contributed by atoms with Crippen molar-refractivity contribution in [3.05, 3.63) is 71.1 Å². The second-order valence-corrected chi connectivity index (χ2v) is 19.8. The third kappa shape index (κ3) is 10.4. The van der Waals surface area contributed by atoms with Gasteiger partial charge in [-0.25, -0.2) is 18.7 Å². The van der Waals surface area contributed by atoms with Gasteiger partial charge < -0.3 is 30.7 Å². The number of carbonyl (C=O) groups is 5. The molecule has 7 heterocycles. The van der Waals surface area contributed by atoms with Crippen LogP contribution in [0.4, 0.5) is 31.8 Å². The van der Waals surface area contributed by atoms with E-state index in [1.807, 2.05) is 6.07 Å². The lowest BCUT2D eigenvalue weighted by Crippen LogP contribution is -2.66. The first-order valence-electron chi connectivity index (χ1n) is 23.8. The number of fused-ring (bicyclic) bond motifs is 1. The number of hydrogen-bond acceptors (Lipinski definition) is 14. The Morgan fingerprint density at radius 3 is 2.25 bits per heavy atom. The van der Waals surface area contributed by atoms with Crippen LogP contribution >= 0.6 is 0 Å². The topological polar surface area (TPSA) is 179 Å². The minimum atomic E-state index is -1.00. The number of aromatic nitrogens is 2. The van der Waals surface area contributed by atoms with Crippen LogP contribution in [0.2, 0.25) is 0 Å². The molecule has 5 saturated heterocycles. The number of anilines is 4. The number of imide groups is 2. The Kier molecular flexibility index (Phi) is 13.4. The lowest BCUT2D eigenvalue weighted by atomic mass is 9.82. The molecule has 4 N–H and O–H groups in total. The SMILES string of the molecule is CC1(C)CCN(Cc2cc(F)c(N3CC(=O)NC4(CCN(c5cc(NCCCN6CCN(CCNc7cccc8c7C(=O)N(C7CCC(=O)NC7=O)C8=O)CC6)ncn5)CC4)C3)cc2F)CC1. The molecule has 1 aromatic heterocycles. The summed E-state index contributed by atoms with van der Waals surface area (Å²) in [6, 6.07) is 8.63. The molecule has 5 amide bonds. The maximum Gasteiger partial charge on any atom is 0.264 e. The fraction of sp³-hybridized carbons (Fsp3) is 0.562. The Balaban J connectivity index is 0.690. The predicted octanol–water partition coefficient (Wildman–Crippen LogP) is 3.29. The zero-order valence-electron chi connectivity index (χ0n) is 38.6. The van der Waals surface area contributed by atoms with E-state index in [1.54, 1.807) is 29.4 Å². The Morgan fingerprint density at radius 2 is 1.51 bits per heavy atom. The van der Waals surface area contributed by atoms with E-state index >= 15 is 8.78 Å². The molecule has 6 aliphatic rings. The highest BCUT2D eigenvalue weighted by molar-refractivity contribution is 6.25. The van der Waals surface area contributed by atoms with E-state index in [4.69, 9.17) is 0 Å². The molecule has 19 heteroatoms. The number of rotatable bonds is 14. The lowest BCUT2D eigenvalue weighted by Gasteiger charge is -2.48. The van der Waals surface area contributed by atoms with E-state index in [-0.39, 0.29) is 47.5 Å². The molecule has 9 rings (SSSR count). The predicted molar refractivity (Wildman–Crippen MR) is 249 cm³/mol. The molecule has 1 unspecified atom stereocenters. The summed E-state index contributed by atoms with van der Waals surface area (Å²) in [5, 5.41) is 12.2. The standard InChI is InChI=1S/C48H62F2N12O5/c1-47(2)9-16-59(17-10-47)28-32-25-35(50)38(26-34(32)49)61-29-42(64)56-48(30-61)11-18-60(19-12-48)40-27-39(53-31-54-40)52-13-4-15-57-21-23-58(24-22-57)20-14-51-36-6-3-5-33-43(36)46(67)62(45(33)66)37-7-8-41(63)55-44(37)65/h3,5-6,25-27,31,37,51H,4,7-24,28-30H2,1-2H3,(H,56,64)(H,52,53,54)(H,55,63,65).